The first-order valence-corrected chi connectivity index (χ1v) is 8.86. The summed E-state index contributed by atoms with van der Waals surface area (Å²) in [6, 6.07) is 4.18. The lowest BCUT2D eigenvalue weighted by molar-refractivity contribution is 0.253. The molecule has 25 heavy (non-hydrogen) atoms. The zero-order valence-corrected chi connectivity index (χ0v) is 14.7. The molecule has 1 spiro atoms. The molecule has 0 radical (unpaired) electrons. The highest BCUT2D eigenvalue weighted by Crippen LogP contribution is 2.40. The van der Waals surface area contributed by atoms with Crippen LogP contribution in [-0.4, -0.2) is 43.4 Å². The molecule has 1 fully saturated rings. The van der Waals surface area contributed by atoms with Crippen LogP contribution in [-0.2, 0) is 18.5 Å². The first kappa shape index (κ1) is 16.2. The number of nitrogens with zero attached hydrogens (tertiary/aromatic N) is 5. The molecule has 0 aliphatic carbocycles. The number of hydrogen-bond acceptors (Lipinski definition) is 5. The van der Waals surface area contributed by atoms with Gasteiger partial charge in [0, 0.05) is 36.9 Å². The van der Waals surface area contributed by atoms with E-state index in [0.717, 1.165) is 37.3 Å². The van der Waals surface area contributed by atoms with Crippen LogP contribution >= 0.6 is 0 Å². The van der Waals surface area contributed by atoms with Crippen LogP contribution in [0.15, 0.2) is 34.1 Å². The summed E-state index contributed by atoms with van der Waals surface area (Å²) in [6.07, 6.45) is 5.26. The predicted molar refractivity (Wildman–Crippen MR) is 93.7 cm³/mol. The van der Waals surface area contributed by atoms with Crippen molar-refractivity contribution in [3.63, 3.8) is 0 Å². The summed E-state index contributed by atoms with van der Waals surface area (Å²) < 4.78 is 2.92. The van der Waals surface area contributed by atoms with Crippen molar-refractivity contribution in [3.8, 4) is 0 Å². The van der Waals surface area contributed by atoms with Crippen molar-refractivity contribution in [2.75, 3.05) is 13.1 Å². The van der Waals surface area contributed by atoms with E-state index in [1.54, 1.807) is 17.0 Å². The fourth-order valence-electron chi connectivity index (χ4n) is 4.08. The van der Waals surface area contributed by atoms with E-state index in [2.05, 4.69) is 28.8 Å². The second kappa shape index (κ2) is 5.91. The quantitative estimate of drug-likeness (QED) is 0.765. The summed E-state index contributed by atoms with van der Waals surface area (Å²) in [5.41, 5.74) is -0.241. The van der Waals surface area contributed by atoms with Gasteiger partial charge in [-0.1, -0.05) is 6.07 Å². The van der Waals surface area contributed by atoms with E-state index in [1.165, 1.54) is 4.68 Å². The summed E-state index contributed by atoms with van der Waals surface area (Å²) in [4.78, 5) is 31.5. The molecule has 0 bridgehead atoms. The van der Waals surface area contributed by atoms with Crippen LogP contribution in [0.5, 0.6) is 0 Å². The average Bonchev–Trinajstić information content (AvgIpc) is 3.19. The van der Waals surface area contributed by atoms with E-state index >= 15 is 0 Å². The van der Waals surface area contributed by atoms with E-state index in [4.69, 9.17) is 0 Å². The van der Waals surface area contributed by atoms with Crippen LogP contribution in [0.2, 0.25) is 0 Å². The summed E-state index contributed by atoms with van der Waals surface area (Å²) in [5, 5.41) is 4.65. The minimum Gasteiger partial charge on any atom is -0.300 e. The number of aromatic nitrogens is 4. The van der Waals surface area contributed by atoms with E-state index in [1.807, 2.05) is 12.1 Å². The van der Waals surface area contributed by atoms with Gasteiger partial charge in [-0.2, -0.15) is 5.10 Å². The third-order valence-electron chi connectivity index (χ3n) is 5.59. The standard InChI is InChI=1S/C18H23N5O2/c1-13(2)21-8-5-18(12-21)6-9-22-15(24)16(25)23(20-17(18)22)11-14-4-3-7-19-10-14/h3-4,7,10,13H,5-6,8-9,11-12H2,1-2H3/t18-/m0/s1. The van der Waals surface area contributed by atoms with Gasteiger partial charge in [-0.25, -0.2) is 4.68 Å². The fourth-order valence-corrected chi connectivity index (χ4v) is 4.08. The Bertz CT molecular complexity index is 902. The van der Waals surface area contributed by atoms with E-state index in [9.17, 15) is 9.59 Å². The van der Waals surface area contributed by atoms with E-state index in [0.29, 0.717) is 12.6 Å². The van der Waals surface area contributed by atoms with Crippen molar-refractivity contribution >= 4 is 0 Å². The number of fused-ring (bicyclic) bond motifs is 2. The largest absolute Gasteiger partial charge is 0.332 e. The van der Waals surface area contributed by atoms with Gasteiger partial charge in [-0.3, -0.25) is 24.0 Å². The molecular formula is C18H23N5O2. The van der Waals surface area contributed by atoms with Gasteiger partial charge in [0.05, 0.1) is 6.54 Å². The van der Waals surface area contributed by atoms with Crippen molar-refractivity contribution in [1.29, 1.82) is 0 Å². The Hall–Kier alpha value is -2.28. The van der Waals surface area contributed by atoms with E-state index in [-0.39, 0.29) is 12.0 Å². The van der Waals surface area contributed by atoms with Gasteiger partial charge in [0.15, 0.2) is 0 Å². The van der Waals surface area contributed by atoms with Gasteiger partial charge in [0.1, 0.15) is 5.82 Å². The maximum atomic E-state index is 12.6. The van der Waals surface area contributed by atoms with Crippen molar-refractivity contribution < 1.29 is 0 Å². The SMILES string of the molecule is CC(C)N1CC[C@]2(CCn3c2nn(Cc2cccnc2)c(=O)c3=O)C1. The van der Waals surface area contributed by atoms with Crippen molar-refractivity contribution in [2.45, 2.75) is 51.2 Å². The molecule has 7 nitrogen and oxygen atoms in total. The monoisotopic (exact) mass is 341 g/mol. The molecule has 0 N–H and O–H groups in total. The summed E-state index contributed by atoms with van der Waals surface area (Å²) >= 11 is 0. The Balaban J connectivity index is 1.76. The van der Waals surface area contributed by atoms with Gasteiger partial charge in [0.25, 0.3) is 0 Å². The Morgan fingerprint density at radius 2 is 2.00 bits per heavy atom. The van der Waals surface area contributed by atoms with Crippen LogP contribution in [0.3, 0.4) is 0 Å². The maximum Gasteiger partial charge on any atom is 0.332 e. The number of likely N-dealkylation sites (tertiary alicyclic amines) is 1. The lowest BCUT2D eigenvalue weighted by atomic mass is 9.85. The molecule has 2 aromatic rings. The van der Waals surface area contributed by atoms with Gasteiger partial charge in [0.2, 0.25) is 0 Å². The van der Waals surface area contributed by atoms with Gasteiger partial charge >= 0.3 is 11.1 Å². The Morgan fingerprint density at radius 1 is 1.20 bits per heavy atom. The summed E-state index contributed by atoms with van der Waals surface area (Å²) in [5.74, 6) is 0.782. The molecule has 0 amide bonds. The zero-order chi connectivity index (χ0) is 17.6. The fraction of sp³-hybridized carbons (Fsp3) is 0.556. The minimum absolute atomic E-state index is 0.103. The Kier molecular flexibility index (Phi) is 3.83. The number of rotatable bonds is 3. The Labute approximate surface area is 145 Å². The van der Waals surface area contributed by atoms with E-state index < -0.39 is 11.1 Å². The highest BCUT2D eigenvalue weighted by molar-refractivity contribution is 5.18. The number of hydrogen-bond donors (Lipinski definition) is 0. The molecule has 0 saturated carbocycles. The molecular weight excluding hydrogens is 318 g/mol. The molecule has 2 aliphatic heterocycles. The van der Waals surface area contributed by atoms with Gasteiger partial charge in [-0.05, 0) is 44.9 Å². The van der Waals surface area contributed by atoms with Crippen molar-refractivity contribution in [1.82, 2.24) is 24.2 Å². The Morgan fingerprint density at radius 3 is 2.68 bits per heavy atom. The molecule has 2 aromatic heterocycles. The average molecular weight is 341 g/mol. The molecule has 4 heterocycles. The molecule has 7 heteroatoms. The molecule has 1 atom stereocenters. The van der Waals surface area contributed by atoms with Crippen LogP contribution in [0.4, 0.5) is 0 Å². The van der Waals surface area contributed by atoms with Crippen LogP contribution in [0.1, 0.15) is 38.1 Å². The molecule has 0 aromatic carbocycles. The van der Waals surface area contributed by atoms with Crippen LogP contribution < -0.4 is 11.1 Å². The predicted octanol–water partition coefficient (Wildman–Crippen LogP) is 0.604. The normalized spacial score (nSPS) is 22.8. The summed E-state index contributed by atoms with van der Waals surface area (Å²) in [7, 11) is 0. The second-order valence-electron chi connectivity index (χ2n) is 7.45. The van der Waals surface area contributed by atoms with Crippen LogP contribution in [0, 0.1) is 0 Å². The highest BCUT2D eigenvalue weighted by atomic mass is 16.2. The van der Waals surface area contributed by atoms with Crippen molar-refractivity contribution in [2.24, 2.45) is 0 Å². The highest BCUT2D eigenvalue weighted by Gasteiger charge is 2.47. The smallest absolute Gasteiger partial charge is 0.300 e. The molecule has 4 rings (SSSR count). The first-order chi connectivity index (χ1) is 12.0. The van der Waals surface area contributed by atoms with Crippen LogP contribution in [0.25, 0.3) is 0 Å². The molecule has 0 unspecified atom stereocenters. The minimum atomic E-state index is -0.552. The lowest BCUT2D eigenvalue weighted by Crippen LogP contribution is -2.45. The topological polar surface area (TPSA) is 73.0 Å². The second-order valence-corrected chi connectivity index (χ2v) is 7.45. The first-order valence-electron chi connectivity index (χ1n) is 8.86. The van der Waals surface area contributed by atoms with Crippen molar-refractivity contribution in [3.05, 3.63) is 56.6 Å². The lowest BCUT2D eigenvalue weighted by Gasteiger charge is -2.25. The van der Waals surface area contributed by atoms with Gasteiger partial charge in [-0.15, -0.1) is 0 Å². The summed E-state index contributed by atoms with van der Waals surface area (Å²) in [6.45, 7) is 7.17. The third-order valence-corrected chi connectivity index (χ3v) is 5.59. The molecule has 2 aliphatic rings. The number of pyridine rings is 1. The molecule has 1 saturated heterocycles. The van der Waals surface area contributed by atoms with Gasteiger partial charge < -0.3 is 0 Å². The zero-order valence-electron chi connectivity index (χ0n) is 14.7. The molecule has 132 valence electrons. The maximum absolute atomic E-state index is 12.6. The third kappa shape index (κ3) is 2.63.